The SMILES string of the molecule is CC([O-])=NCC[N+]1(C)CNCC1C.CS(=O)(=O)O. The Labute approximate surface area is 109 Å². The van der Waals surface area contributed by atoms with Crippen LogP contribution in [-0.4, -0.2) is 69.0 Å². The quantitative estimate of drug-likeness (QED) is 0.289. The zero-order valence-electron chi connectivity index (χ0n) is 11.4. The fourth-order valence-corrected chi connectivity index (χ4v) is 1.64. The van der Waals surface area contributed by atoms with Crippen molar-refractivity contribution in [1.29, 1.82) is 0 Å². The highest BCUT2D eigenvalue weighted by Gasteiger charge is 2.33. The van der Waals surface area contributed by atoms with Gasteiger partial charge in [-0.2, -0.15) is 8.42 Å². The summed E-state index contributed by atoms with van der Waals surface area (Å²) >= 11 is 0. The highest BCUT2D eigenvalue weighted by atomic mass is 32.2. The summed E-state index contributed by atoms with van der Waals surface area (Å²) in [4.78, 5) is 3.89. The van der Waals surface area contributed by atoms with Gasteiger partial charge in [0.2, 0.25) is 0 Å². The second kappa shape index (κ2) is 7.03. The molecular formula is C10H23N3O4S. The lowest BCUT2D eigenvalue weighted by Crippen LogP contribution is -2.49. The molecule has 0 bridgehead atoms. The fraction of sp³-hybridized carbons (Fsp3) is 0.900. The van der Waals surface area contributed by atoms with Gasteiger partial charge in [-0.1, -0.05) is 0 Å². The molecule has 1 aliphatic heterocycles. The Morgan fingerprint density at radius 2 is 2.11 bits per heavy atom. The lowest BCUT2D eigenvalue weighted by molar-refractivity contribution is -0.917. The number of nitrogens with zero attached hydrogens (tertiary/aromatic N) is 2. The van der Waals surface area contributed by atoms with E-state index in [9.17, 15) is 13.5 Å². The third-order valence-corrected chi connectivity index (χ3v) is 2.92. The summed E-state index contributed by atoms with van der Waals surface area (Å²) in [6.07, 6.45) is 0.715. The first-order valence-electron chi connectivity index (χ1n) is 5.70. The molecule has 1 fully saturated rings. The predicted molar refractivity (Wildman–Crippen MR) is 68.8 cm³/mol. The van der Waals surface area contributed by atoms with Crippen LogP contribution in [0.3, 0.4) is 0 Å². The molecule has 1 rings (SSSR count). The van der Waals surface area contributed by atoms with Crippen molar-refractivity contribution in [2.45, 2.75) is 19.9 Å². The topological polar surface area (TPSA) is 102 Å². The summed E-state index contributed by atoms with van der Waals surface area (Å²) in [5, 5.41) is 14.0. The van der Waals surface area contributed by atoms with Gasteiger partial charge in [0.05, 0.1) is 39.0 Å². The molecule has 1 saturated heterocycles. The molecule has 1 aliphatic rings. The molecule has 2 N–H and O–H groups in total. The molecule has 2 atom stereocenters. The second-order valence-corrected chi connectivity index (χ2v) is 6.26. The molecule has 0 aromatic rings. The lowest BCUT2D eigenvalue weighted by Gasteiger charge is -2.32. The Bertz CT molecular complexity index is 371. The van der Waals surface area contributed by atoms with E-state index in [2.05, 4.69) is 24.3 Å². The highest BCUT2D eigenvalue weighted by molar-refractivity contribution is 7.85. The minimum absolute atomic E-state index is 0.0635. The second-order valence-electron chi connectivity index (χ2n) is 4.80. The van der Waals surface area contributed by atoms with E-state index in [1.54, 1.807) is 0 Å². The van der Waals surface area contributed by atoms with Crippen LogP contribution in [0, 0.1) is 0 Å². The maximum absolute atomic E-state index is 10.6. The molecule has 8 heteroatoms. The summed E-state index contributed by atoms with van der Waals surface area (Å²) in [5.41, 5.74) is 0. The minimum atomic E-state index is -3.67. The Balaban J connectivity index is 0.000000494. The summed E-state index contributed by atoms with van der Waals surface area (Å²) in [5.74, 6) is -0.0635. The van der Waals surface area contributed by atoms with Crippen molar-refractivity contribution in [3.05, 3.63) is 0 Å². The van der Waals surface area contributed by atoms with Crippen molar-refractivity contribution >= 4 is 16.0 Å². The third-order valence-electron chi connectivity index (χ3n) is 2.92. The Hall–Kier alpha value is -0.700. The van der Waals surface area contributed by atoms with E-state index >= 15 is 0 Å². The number of quaternary nitrogens is 1. The molecule has 108 valence electrons. The van der Waals surface area contributed by atoms with Crippen LogP contribution in [0.1, 0.15) is 13.8 Å². The summed E-state index contributed by atoms with van der Waals surface area (Å²) in [6, 6.07) is 0.627. The van der Waals surface area contributed by atoms with Gasteiger partial charge in [0.25, 0.3) is 10.1 Å². The van der Waals surface area contributed by atoms with Crippen molar-refractivity contribution in [3.63, 3.8) is 0 Å². The minimum Gasteiger partial charge on any atom is -0.862 e. The summed E-state index contributed by atoms with van der Waals surface area (Å²) in [6.45, 7) is 7.40. The van der Waals surface area contributed by atoms with Crippen LogP contribution in [0.5, 0.6) is 0 Å². The van der Waals surface area contributed by atoms with Gasteiger partial charge in [0, 0.05) is 0 Å². The van der Waals surface area contributed by atoms with Crippen molar-refractivity contribution < 1.29 is 22.6 Å². The van der Waals surface area contributed by atoms with E-state index in [1.807, 2.05) is 0 Å². The summed E-state index contributed by atoms with van der Waals surface area (Å²) in [7, 11) is -1.46. The van der Waals surface area contributed by atoms with Crippen LogP contribution in [0.2, 0.25) is 0 Å². The van der Waals surface area contributed by atoms with Crippen molar-refractivity contribution in [2.75, 3.05) is 39.6 Å². The van der Waals surface area contributed by atoms with E-state index in [0.717, 1.165) is 24.2 Å². The molecular weight excluding hydrogens is 258 g/mol. The molecule has 7 nitrogen and oxygen atoms in total. The number of rotatable bonds is 3. The van der Waals surface area contributed by atoms with E-state index < -0.39 is 10.1 Å². The smallest absolute Gasteiger partial charge is 0.261 e. The Morgan fingerprint density at radius 3 is 2.44 bits per heavy atom. The molecule has 0 aromatic carbocycles. The molecule has 2 unspecified atom stereocenters. The standard InChI is InChI=1S/C9H19N3O.CH4O3S/c1-8-6-10-7-12(8,3)5-4-11-9(2)13;1-5(2,3)4/h8,10H,4-7H2,1-3H3;1H3,(H,2,3,4). The maximum Gasteiger partial charge on any atom is 0.261 e. The van der Waals surface area contributed by atoms with Gasteiger partial charge in [-0.05, 0) is 19.7 Å². The van der Waals surface area contributed by atoms with Gasteiger partial charge in [-0.3, -0.25) is 14.9 Å². The van der Waals surface area contributed by atoms with Crippen molar-refractivity contribution in [1.82, 2.24) is 5.32 Å². The fourth-order valence-electron chi connectivity index (χ4n) is 1.64. The third kappa shape index (κ3) is 8.40. The van der Waals surface area contributed by atoms with Gasteiger partial charge in [-0.15, -0.1) is 0 Å². The van der Waals surface area contributed by atoms with Gasteiger partial charge in [0.1, 0.15) is 6.67 Å². The predicted octanol–water partition coefficient (Wildman–Crippen LogP) is -1.34. The first-order chi connectivity index (χ1) is 8.04. The van der Waals surface area contributed by atoms with Gasteiger partial charge in [0.15, 0.2) is 0 Å². The van der Waals surface area contributed by atoms with Crippen LogP contribution >= 0.6 is 0 Å². The number of hydrogen-bond acceptors (Lipinski definition) is 5. The number of hydrogen-bond donors (Lipinski definition) is 2. The molecule has 0 saturated carbocycles. The van der Waals surface area contributed by atoms with Crippen LogP contribution in [0.4, 0.5) is 0 Å². The van der Waals surface area contributed by atoms with Gasteiger partial charge >= 0.3 is 0 Å². The zero-order valence-corrected chi connectivity index (χ0v) is 12.2. The highest BCUT2D eigenvalue weighted by Crippen LogP contribution is 2.12. The number of nitrogens with one attached hydrogen (secondary N) is 1. The molecule has 0 aromatic heterocycles. The van der Waals surface area contributed by atoms with Crippen LogP contribution in [-0.2, 0) is 10.1 Å². The first-order valence-corrected chi connectivity index (χ1v) is 7.55. The van der Waals surface area contributed by atoms with Crippen LogP contribution < -0.4 is 10.4 Å². The molecule has 0 amide bonds. The molecule has 18 heavy (non-hydrogen) atoms. The van der Waals surface area contributed by atoms with E-state index in [4.69, 9.17) is 4.55 Å². The van der Waals surface area contributed by atoms with Gasteiger partial charge in [-0.25, -0.2) is 0 Å². The Morgan fingerprint density at radius 1 is 1.61 bits per heavy atom. The maximum atomic E-state index is 10.6. The van der Waals surface area contributed by atoms with Crippen LogP contribution in [0.15, 0.2) is 4.99 Å². The Kier molecular flexibility index (Phi) is 6.76. The first kappa shape index (κ1) is 17.3. The van der Waals surface area contributed by atoms with Crippen molar-refractivity contribution in [2.24, 2.45) is 4.99 Å². The van der Waals surface area contributed by atoms with E-state index in [0.29, 0.717) is 18.8 Å². The molecule has 0 aliphatic carbocycles. The number of aliphatic imine (C=N–C) groups is 1. The van der Waals surface area contributed by atoms with Crippen LogP contribution in [0.25, 0.3) is 0 Å². The average Bonchev–Trinajstić information content (AvgIpc) is 2.43. The lowest BCUT2D eigenvalue weighted by atomic mass is 10.3. The molecule has 0 spiro atoms. The average molecular weight is 281 g/mol. The van der Waals surface area contributed by atoms with Crippen molar-refractivity contribution in [3.8, 4) is 0 Å². The monoisotopic (exact) mass is 281 g/mol. The largest absolute Gasteiger partial charge is 0.862 e. The molecule has 0 radical (unpaired) electrons. The molecule has 1 heterocycles. The summed E-state index contributed by atoms with van der Waals surface area (Å²) < 4.78 is 26.9. The zero-order chi connectivity index (χ0) is 14.4. The van der Waals surface area contributed by atoms with E-state index in [1.165, 1.54) is 6.92 Å². The number of likely N-dealkylation sites (N-methyl/N-ethyl adjacent to an activating group) is 1. The normalized spacial score (nSPS) is 28.7. The van der Waals surface area contributed by atoms with Gasteiger partial charge < -0.3 is 9.59 Å². The van der Waals surface area contributed by atoms with E-state index in [-0.39, 0.29) is 5.90 Å².